The molecule has 8 rings (SSSR count). The number of fused-ring (bicyclic) bond motifs is 2. The summed E-state index contributed by atoms with van der Waals surface area (Å²) in [5.41, 5.74) is 3.61. The van der Waals surface area contributed by atoms with Gasteiger partial charge < -0.3 is 23.7 Å². The van der Waals surface area contributed by atoms with Crippen LogP contribution < -0.4 is 9.47 Å². The van der Waals surface area contributed by atoms with Crippen molar-refractivity contribution in [2.45, 2.75) is 12.2 Å². The second kappa shape index (κ2) is 15.7. The molecule has 2 atom stereocenters. The maximum Gasteiger partial charge on any atom is 0.189 e. The standard InChI is InChI=1S/C22H17FO3.C21H15FO2/c23-20-8-7-18-11-17(3-6-19(18)12-20)2-1-16-4-9-21(10-5-16)26-15-24-13-22-14-25-22;22-19-8-7-17-11-16(3-6-18(17)12-19)2-1-15-4-9-20(10-5-15)23-13-21-14-24-21/h3-12,22H,13-15H2;3-12,21H,13-14H2. The maximum atomic E-state index is 13.2. The van der Waals surface area contributed by atoms with Crippen molar-refractivity contribution < 1.29 is 32.5 Å². The Hall–Kier alpha value is -5.70. The monoisotopic (exact) mass is 666 g/mol. The van der Waals surface area contributed by atoms with Crippen molar-refractivity contribution in [2.24, 2.45) is 0 Å². The topological polar surface area (TPSA) is 52.8 Å². The lowest BCUT2D eigenvalue weighted by atomic mass is 10.1. The van der Waals surface area contributed by atoms with Crippen LogP contribution in [-0.4, -0.2) is 45.4 Å². The summed E-state index contributed by atoms with van der Waals surface area (Å²) in [5.74, 6) is 13.6. The van der Waals surface area contributed by atoms with Crippen molar-refractivity contribution in [2.75, 3.05) is 33.2 Å². The van der Waals surface area contributed by atoms with Gasteiger partial charge in [-0.3, -0.25) is 0 Å². The second-order valence-corrected chi connectivity index (χ2v) is 11.8. The molecule has 0 amide bonds. The summed E-state index contributed by atoms with van der Waals surface area (Å²) in [5, 5.41) is 3.70. The first kappa shape index (κ1) is 32.8. The van der Waals surface area contributed by atoms with Gasteiger partial charge in [-0.1, -0.05) is 47.9 Å². The second-order valence-electron chi connectivity index (χ2n) is 11.8. The third-order valence-corrected chi connectivity index (χ3v) is 7.87. The molecule has 0 aromatic heterocycles. The molecular weight excluding hydrogens is 634 g/mol. The van der Waals surface area contributed by atoms with E-state index < -0.39 is 0 Å². The zero-order chi connectivity index (χ0) is 34.1. The van der Waals surface area contributed by atoms with Gasteiger partial charge >= 0.3 is 0 Å². The summed E-state index contributed by atoms with van der Waals surface area (Å²) < 4.78 is 53.0. The fourth-order valence-corrected chi connectivity index (χ4v) is 4.95. The largest absolute Gasteiger partial charge is 0.491 e. The number of ether oxygens (including phenoxy) is 5. The highest BCUT2D eigenvalue weighted by atomic mass is 19.1. The van der Waals surface area contributed by atoms with Gasteiger partial charge in [0, 0.05) is 22.3 Å². The van der Waals surface area contributed by atoms with Gasteiger partial charge in [0.25, 0.3) is 0 Å². The molecule has 2 heterocycles. The lowest BCUT2D eigenvalue weighted by molar-refractivity contribution is 0.00821. The molecule has 5 nitrogen and oxygen atoms in total. The first-order valence-corrected chi connectivity index (χ1v) is 16.2. The van der Waals surface area contributed by atoms with Crippen molar-refractivity contribution in [1.82, 2.24) is 0 Å². The third-order valence-electron chi connectivity index (χ3n) is 7.87. The van der Waals surface area contributed by atoms with Crippen molar-refractivity contribution >= 4 is 21.5 Å². The van der Waals surface area contributed by atoms with Gasteiger partial charge in [-0.2, -0.15) is 0 Å². The number of benzene rings is 6. The van der Waals surface area contributed by atoms with E-state index in [-0.39, 0.29) is 30.6 Å². The highest BCUT2D eigenvalue weighted by Gasteiger charge is 2.23. The minimum Gasteiger partial charge on any atom is -0.491 e. The van der Waals surface area contributed by atoms with Crippen molar-refractivity contribution in [1.29, 1.82) is 0 Å². The minimum atomic E-state index is -0.232. The molecule has 0 bridgehead atoms. The van der Waals surface area contributed by atoms with E-state index in [4.69, 9.17) is 23.7 Å². The van der Waals surface area contributed by atoms with Crippen LogP contribution in [0, 0.1) is 35.3 Å². The van der Waals surface area contributed by atoms with E-state index >= 15 is 0 Å². The van der Waals surface area contributed by atoms with Crippen LogP contribution >= 0.6 is 0 Å². The van der Waals surface area contributed by atoms with Gasteiger partial charge in [-0.05, 0) is 119 Å². The minimum absolute atomic E-state index is 0.211. The zero-order valence-electron chi connectivity index (χ0n) is 27.0. The van der Waals surface area contributed by atoms with Gasteiger partial charge in [-0.25, -0.2) is 8.78 Å². The average Bonchev–Trinajstić information content (AvgIpc) is 4.09. The molecule has 2 aliphatic rings. The van der Waals surface area contributed by atoms with E-state index in [1.807, 2.05) is 84.9 Å². The Bertz CT molecular complexity index is 2220. The van der Waals surface area contributed by atoms with E-state index in [0.29, 0.717) is 13.2 Å². The molecular formula is C43H32F2O5. The van der Waals surface area contributed by atoms with Crippen LogP contribution in [0.5, 0.6) is 11.5 Å². The molecule has 0 N–H and O–H groups in total. The Kier molecular flexibility index (Phi) is 10.3. The first-order chi connectivity index (χ1) is 24.5. The predicted molar refractivity (Wildman–Crippen MR) is 189 cm³/mol. The fourth-order valence-electron chi connectivity index (χ4n) is 4.95. The van der Waals surface area contributed by atoms with Crippen LogP contribution in [0.25, 0.3) is 21.5 Å². The zero-order valence-corrected chi connectivity index (χ0v) is 27.0. The summed E-state index contributed by atoms with van der Waals surface area (Å²) in [4.78, 5) is 0. The molecule has 0 spiro atoms. The highest BCUT2D eigenvalue weighted by Crippen LogP contribution is 2.20. The first-order valence-electron chi connectivity index (χ1n) is 16.2. The molecule has 6 aromatic rings. The lowest BCUT2D eigenvalue weighted by Crippen LogP contribution is -2.07. The molecule has 0 aliphatic carbocycles. The highest BCUT2D eigenvalue weighted by molar-refractivity contribution is 5.84. The fraction of sp³-hybridized carbons (Fsp3) is 0.163. The molecule has 2 unspecified atom stereocenters. The molecule has 7 heteroatoms. The Morgan fingerprint density at radius 2 is 0.880 bits per heavy atom. The van der Waals surface area contributed by atoms with E-state index in [1.54, 1.807) is 12.1 Å². The Morgan fingerprint density at radius 3 is 1.38 bits per heavy atom. The summed E-state index contributed by atoms with van der Waals surface area (Å²) in [7, 11) is 0. The summed E-state index contributed by atoms with van der Waals surface area (Å²) in [6.45, 7) is 2.96. The third kappa shape index (κ3) is 9.69. The van der Waals surface area contributed by atoms with Gasteiger partial charge in [-0.15, -0.1) is 0 Å². The van der Waals surface area contributed by atoms with Crippen LogP contribution in [0.1, 0.15) is 22.3 Å². The van der Waals surface area contributed by atoms with Crippen molar-refractivity contribution in [3.05, 3.63) is 155 Å². The van der Waals surface area contributed by atoms with Crippen LogP contribution in [0.3, 0.4) is 0 Å². The lowest BCUT2D eigenvalue weighted by Gasteiger charge is -2.05. The maximum absolute atomic E-state index is 13.2. The van der Waals surface area contributed by atoms with Crippen LogP contribution in [0.2, 0.25) is 0 Å². The molecule has 2 aliphatic heterocycles. The molecule has 6 aromatic carbocycles. The number of hydrogen-bond acceptors (Lipinski definition) is 5. The van der Waals surface area contributed by atoms with Crippen LogP contribution in [-0.2, 0) is 14.2 Å². The molecule has 248 valence electrons. The Balaban J connectivity index is 0.000000157. The Morgan fingerprint density at radius 1 is 0.480 bits per heavy atom. The van der Waals surface area contributed by atoms with Crippen LogP contribution in [0.4, 0.5) is 8.78 Å². The van der Waals surface area contributed by atoms with E-state index in [9.17, 15) is 8.78 Å². The molecule has 0 saturated carbocycles. The summed E-state index contributed by atoms with van der Waals surface area (Å²) >= 11 is 0. The van der Waals surface area contributed by atoms with E-state index in [0.717, 1.165) is 68.5 Å². The van der Waals surface area contributed by atoms with E-state index in [1.165, 1.54) is 24.3 Å². The van der Waals surface area contributed by atoms with Gasteiger partial charge in [0.2, 0.25) is 0 Å². The normalized spacial score (nSPS) is 15.5. The SMILES string of the molecule is Fc1ccc2cc(C#Cc3ccc(OCC4CO4)cc3)ccc2c1.Fc1ccc2cc(C#Cc3ccc(OCOCC4CO4)cc3)ccc2c1. The molecule has 2 fully saturated rings. The number of epoxide rings is 2. The molecule has 0 radical (unpaired) electrons. The van der Waals surface area contributed by atoms with Gasteiger partial charge in [0.15, 0.2) is 6.79 Å². The smallest absolute Gasteiger partial charge is 0.189 e. The quantitative estimate of drug-likeness (QED) is 0.0709. The Labute approximate surface area is 289 Å². The van der Waals surface area contributed by atoms with Crippen molar-refractivity contribution in [3.8, 4) is 35.2 Å². The van der Waals surface area contributed by atoms with Gasteiger partial charge in [0.1, 0.15) is 41.9 Å². The van der Waals surface area contributed by atoms with Gasteiger partial charge in [0.05, 0.1) is 19.8 Å². The number of rotatable bonds is 8. The number of hydrogen-bond donors (Lipinski definition) is 0. The molecule has 2 saturated heterocycles. The molecule has 50 heavy (non-hydrogen) atoms. The number of halogens is 2. The summed E-state index contributed by atoms with van der Waals surface area (Å²) in [6, 6.07) is 36.2. The van der Waals surface area contributed by atoms with Crippen molar-refractivity contribution in [3.63, 3.8) is 0 Å². The predicted octanol–water partition coefficient (Wildman–Crippen LogP) is 8.29. The summed E-state index contributed by atoms with van der Waals surface area (Å²) in [6.07, 6.45) is 0.497. The van der Waals surface area contributed by atoms with Crippen LogP contribution in [0.15, 0.2) is 121 Å². The van der Waals surface area contributed by atoms with E-state index in [2.05, 4.69) is 23.7 Å². The average molecular weight is 667 g/mol.